The van der Waals surface area contributed by atoms with Crippen LogP contribution in [-0.2, 0) is 0 Å². The Morgan fingerprint density at radius 3 is 1.76 bits per heavy atom. The van der Waals surface area contributed by atoms with Crippen LogP contribution in [-0.4, -0.2) is 9.97 Å². The van der Waals surface area contributed by atoms with Gasteiger partial charge < -0.3 is 9.80 Å². The van der Waals surface area contributed by atoms with Crippen LogP contribution in [0.5, 0.6) is 0 Å². The van der Waals surface area contributed by atoms with Crippen molar-refractivity contribution in [2.24, 2.45) is 5.92 Å². The molecule has 59 heavy (non-hydrogen) atoms. The predicted octanol–water partition coefficient (Wildman–Crippen LogP) is 15.5. The molecular formula is C53H39ClN4S. The van der Waals surface area contributed by atoms with Gasteiger partial charge in [0.05, 0.1) is 21.8 Å². The first-order valence-electron chi connectivity index (χ1n) is 19.9. The quantitative estimate of drug-likeness (QED) is 0.146. The van der Waals surface area contributed by atoms with Crippen LogP contribution in [0.15, 0.2) is 211 Å². The summed E-state index contributed by atoms with van der Waals surface area (Å²) in [5.74, 6) is 0.937. The van der Waals surface area contributed by atoms with E-state index in [0.29, 0.717) is 5.82 Å². The second kappa shape index (κ2) is 15.9. The van der Waals surface area contributed by atoms with Gasteiger partial charge in [-0.25, -0.2) is 9.97 Å². The van der Waals surface area contributed by atoms with E-state index in [9.17, 15) is 0 Å². The topological polar surface area (TPSA) is 32.3 Å². The summed E-state index contributed by atoms with van der Waals surface area (Å²) in [6, 6.07) is 66.0. The number of rotatable bonds is 9. The first-order valence-corrected chi connectivity index (χ1v) is 21.1. The molecule has 0 spiro atoms. The number of aromatic nitrogens is 2. The van der Waals surface area contributed by atoms with E-state index in [4.69, 9.17) is 21.6 Å². The van der Waals surface area contributed by atoms with Gasteiger partial charge in [-0.05, 0) is 91.2 Å². The zero-order valence-electron chi connectivity index (χ0n) is 32.4. The minimum absolute atomic E-state index is 0.263. The highest BCUT2D eigenvalue weighted by Gasteiger charge is 2.23. The Bertz CT molecular complexity index is 2940. The van der Waals surface area contributed by atoms with Gasteiger partial charge in [0, 0.05) is 65.6 Å². The van der Waals surface area contributed by atoms with E-state index in [2.05, 4.69) is 181 Å². The minimum atomic E-state index is 0.263. The second-order valence-electron chi connectivity index (χ2n) is 14.8. The Morgan fingerprint density at radius 2 is 1.08 bits per heavy atom. The molecular weight excluding hydrogens is 760 g/mol. The molecule has 0 aliphatic heterocycles. The van der Waals surface area contributed by atoms with E-state index in [1.54, 1.807) is 0 Å². The largest absolute Gasteiger partial charge is 0.311 e. The molecule has 7 aromatic carbocycles. The van der Waals surface area contributed by atoms with E-state index in [-0.39, 0.29) is 5.92 Å². The van der Waals surface area contributed by atoms with Gasteiger partial charge in [0.2, 0.25) is 0 Å². The molecule has 0 bridgehead atoms. The number of thiophene rings is 1. The molecule has 0 saturated carbocycles. The van der Waals surface area contributed by atoms with Crippen molar-refractivity contribution in [2.75, 3.05) is 9.80 Å². The molecule has 10 rings (SSSR count). The van der Waals surface area contributed by atoms with Gasteiger partial charge >= 0.3 is 0 Å². The van der Waals surface area contributed by atoms with Gasteiger partial charge in [0.1, 0.15) is 0 Å². The fourth-order valence-electron chi connectivity index (χ4n) is 7.89. The maximum atomic E-state index is 6.92. The van der Waals surface area contributed by atoms with E-state index in [0.717, 1.165) is 73.7 Å². The molecule has 1 unspecified atom stereocenters. The molecule has 0 saturated heterocycles. The Balaban J connectivity index is 1.09. The molecule has 0 amide bonds. The first kappa shape index (κ1) is 36.5. The first-order chi connectivity index (χ1) is 29.1. The van der Waals surface area contributed by atoms with Gasteiger partial charge in [-0.2, -0.15) is 0 Å². The van der Waals surface area contributed by atoms with E-state index in [1.807, 2.05) is 47.7 Å². The van der Waals surface area contributed by atoms with Crippen LogP contribution in [0.2, 0.25) is 0 Å². The van der Waals surface area contributed by atoms with Crippen LogP contribution in [0.25, 0.3) is 54.1 Å². The number of halogens is 1. The zero-order valence-corrected chi connectivity index (χ0v) is 34.0. The number of hydrogen-bond donors (Lipinski definition) is 0. The Hall–Kier alpha value is -6.79. The Labute approximate surface area is 353 Å². The van der Waals surface area contributed by atoms with E-state index >= 15 is 0 Å². The normalized spacial score (nSPS) is 13.9. The van der Waals surface area contributed by atoms with Crippen molar-refractivity contribution in [3.05, 3.63) is 211 Å². The SMILES string of the molecule is CC1CC=C(N(c2ccc(-c3nc(-c4ccccc4)cc(-c4ccccc4)n3)cc2)c2cccc(N(c3ccccc3)c3cccc4c3sc3ccccc34)c2)C=C1Cl. The molecule has 2 heterocycles. The second-order valence-corrected chi connectivity index (χ2v) is 16.3. The summed E-state index contributed by atoms with van der Waals surface area (Å²) in [4.78, 5) is 14.9. The number of fused-ring (bicyclic) bond motifs is 3. The van der Waals surface area contributed by atoms with Crippen LogP contribution >= 0.6 is 22.9 Å². The molecule has 9 aromatic rings. The van der Waals surface area contributed by atoms with Crippen LogP contribution in [0.1, 0.15) is 13.3 Å². The molecule has 0 fully saturated rings. The fourth-order valence-corrected chi connectivity index (χ4v) is 9.30. The highest BCUT2D eigenvalue weighted by molar-refractivity contribution is 7.26. The van der Waals surface area contributed by atoms with Crippen LogP contribution in [0, 0.1) is 5.92 Å². The molecule has 2 aromatic heterocycles. The number of nitrogens with zero attached hydrogens (tertiary/aromatic N) is 4. The number of allylic oxidation sites excluding steroid dienone is 3. The van der Waals surface area contributed by atoms with Gasteiger partial charge in [-0.15, -0.1) is 11.3 Å². The lowest BCUT2D eigenvalue weighted by Gasteiger charge is -2.31. The maximum Gasteiger partial charge on any atom is 0.160 e. The lowest BCUT2D eigenvalue weighted by molar-refractivity contribution is 0.713. The molecule has 1 aliphatic rings. The summed E-state index contributed by atoms with van der Waals surface area (Å²) in [6.45, 7) is 2.17. The molecule has 1 atom stereocenters. The van der Waals surface area contributed by atoms with Gasteiger partial charge in [-0.3, -0.25) is 0 Å². The molecule has 1 aliphatic carbocycles. The lowest BCUT2D eigenvalue weighted by atomic mass is 9.99. The van der Waals surface area contributed by atoms with Gasteiger partial charge in [0.15, 0.2) is 5.82 Å². The van der Waals surface area contributed by atoms with Crippen LogP contribution < -0.4 is 9.80 Å². The Kier molecular flexibility index (Phi) is 9.83. The number of anilines is 5. The van der Waals surface area contributed by atoms with Crippen molar-refractivity contribution in [2.45, 2.75) is 13.3 Å². The van der Waals surface area contributed by atoms with Crippen molar-refractivity contribution < 1.29 is 0 Å². The molecule has 284 valence electrons. The average molecular weight is 799 g/mol. The fraction of sp³-hybridized carbons (Fsp3) is 0.0566. The zero-order chi connectivity index (χ0) is 39.7. The van der Waals surface area contributed by atoms with Crippen LogP contribution in [0.3, 0.4) is 0 Å². The highest BCUT2D eigenvalue weighted by Crippen LogP contribution is 2.46. The number of benzene rings is 7. The summed E-state index contributed by atoms with van der Waals surface area (Å²) < 4.78 is 2.53. The summed E-state index contributed by atoms with van der Waals surface area (Å²) in [5, 5.41) is 3.39. The molecule has 0 radical (unpaired) electrons. The average Bonchev–Trinajstić information content (AvgIpc) is 3.69. The molecule has 0 N–H and O–H groups in total. The summed E-state index contributed by atoms with van der Waals surface area (Å²) >= 11 is 8.76. The summed E-state index contributed by atoms with van der Waals surface area (Å²) in [6.07, 6.45) is 5.26. The maximum absolute atomic E-state index is 6.92. The van der Waals surface area contributed by atoms with Crippen molar-refractivity contribution in [1.82, 2.24) is 9.97 Å². The van der Waals surface area contributed by atoms with Crippen molar-refractivity contribution >= 4 is 71.5 Å². The van der Waals surface area contributed by atoms with Crippen molar-refractivity contribution in [3.63, 3.8) is 0 Å². The van der Waals surface area contributed by atoms with Gasteiger partial charge in [0.25, 0.3) is 0 Å². The van der Waals surface area contributed by atoms with Gasteiger partial charge in [-0.1, -0.05) is 140 Å². The Morgan fingerprint density at radius 1 is 0.525 bits per heavy atom. The van der Waals surface area contributed by atoms with E-state index in [1.165, 1.54) is 20.2 Å². The van der Waals surface area contributed by atoms with Crippen LogP contribution in [0.4, 0.5) is 28.4 Å². The molecule has 6 heteroatoms. The third-order valence-electron chi connectivity index (χ3n) is 10.9. The third-order valence-corrected chi connectivity index (χ3v) is 12.6. The van der Waals surface area contributed by atoms with Crippen molar-refractivity contribution in [3.8, 4) is 33.9 Å². The number of para-hydroxylation sites is 1. The smallest absolute Gasteiger partial charge is 0.160 e. The molecule has 4 nitrogen and oxygen atoms in total. The lowest BCUT2D eigenvalue weighted by Crippen LogP contribution is -2.19. The van der Waals surface area contributed by atoms with E-state index < -0.39 is 0 Å². The summed E-state index contributed by atoms with van der Waals surface area (Å²) in [5.41, 5.74) is 11.1. The third kappa shape index (κ3) is 7.20. The summed E-state index contributed by atoms with van der Waals surface area (Å²) in [7, 11) is 0. The standard InChI is InChI=1S/C53H39ClN4S/c1-36-27-30-44(34-47(36)54)57(41-31-28-39(29-32-41)53-55-48(37-15-5-2-6-16-37)35-49(56-53)38-17-7-3-8-18-38)42-21-13-22-43(33-42)58(40-19-9-4-10-20-40)50-25-14-24-46-45-23-11-12-26-51(45)59-52(46)50/h2-26,28-36H,27H2,1H3. The predicted molar refractivity (Wildman–Crippen MR) is 250 cm³/mol. The monoisotopic (exact) mass is 798 g/mol. The number of hydrogen-bond acceptors (Lipinski definition) is 5. The minimum Gasteiger partial charge on any atom is -0.311 e. The van der Waals surface area contributed by atoms with Crippen molar-refractivity contribution in [1.29, 1.82) is 0 Å². The highest BCUT2D eigenvalue weighted by atomic mass is 35.5.